The smallest absolute Gasteiger partial charge is 0.238 e. The van der Waals surface area contributed by atoms with Crippen LogP contribution in [0, 0.1) is 13.8 Å². The van der Waals surface area contributed by atoms with Crippen LogP contribution >= 0.6 is 12.4 Å². The van der Waals surface area contributed by atoms with Crippen LogP contribution in [0.25, 0.3) is 10.9 Å². The number of rotatable bonds is 6. The molecule has 1 saturated heterocycles. The summed E-state index contributed by atoms with van der Waals surface area (Å²) < 4.78 is 8.33. The number of fused-ring (bicyclic) bond motifs is 1. The maximum atomic E-state index is 11.8. The van der Waals surface area contributed by atoms with Gasteiger partial charge in [0.25, 0.3) is 0 Å². The highest BCUT2D eigenvalue weighted by molar-refractivity contribution is 5.89. The minimum Gasteiger partial charge on any atom is -0.474 e. The molecule has 1 amide bonds. The van der Waals surface area contributed by atoms with E-state index < -0.39 is 0 Å². The molecule has 1 aromatic carbocycles. The number of halogens is 1. The molecule has 3 heterocycles. The largest absolute Gasteiger partial charge is 0.474 e. The molecule has 1 fully saturated rings. The molecule has 28 heavy (non-hydrogen) atoms. The van der Waals surface area contributed by atoms with Gasteiger partial charge in [0.15, 0.2) is 0 Å². The SMILES string of the molecule is Cc1c(C)n(Cc2ccccc2)c2c(OCCN3CCCC3=O)nccc12.Cl. The Hall–Kier alpha value is -2.53. The molecule has 148 valence electrons. The summed E-state index contributed by atoms with van der Waals surface area (Å²) in [4.78, 5) is 18.2. The van der Waals surface area contributed by atoms with Gasteiger partial charge in [-0.1, -0.05) is 30.3 Å². The highest BCUT2D eigenvalue weighted by atomic mass is 35.5. The molecule has 0 aliphatic carbocycles. The van der Waals surface area contributed by atoms with Crippen molar-refractivity contribution in [3.8, 4) is 5.88 Å². The molecule has 0 unspecified atom stereocenters. The lowest BCUT2D eigenvalue weighted by Crippen LogP contribution is -2.29. The number of carbonyl (C=O) groups is 1. The van der Waals surface area contributed by atoms with Crippen molar-refractivity contribution in [3.05, 3.63) is 59.4 Å². The van der Waals surface area contributed by atoms with Crippen LogP contribution in [0.3, 0.4) is 0 Å². The molecule has 5 nitrogen and oxygen atoms in total. The quantitative estimate of drug-likeness (QED) is 0.626. The van der Waals surface area contributed by atoms with Gasteiger partial charge in [0.2, 0.25) is 11.8 Å². The molecule has 0 N–H and O–H groups in total. The van der Waals surface area contributed by atoms with E-state index in [2.05, 4.69) is 53.7 Å². The van der Waals surface area contributed by atoms with Crippen LogP contribution in [0.2, 0.25) is 0 Å². The molecule has 3 aromatic rings. The number of benzene rings is 1. The normalized spacial score (nSPS) is 13.8. The molecule has 0 spiro atoms. The maximum Gasteiger partial charge on any atom is 0.238 e. The topological polar surface area (TPSA) is 47.4 Å². The van der Waals surface area contributed by atoms with Crippen molar-refractivity contribution in [3.63, 3.8) is 0 Å². The van der Waals surface area contributed by atoms with E-state index in [0.717, 1.165) is 25.0 Å². The van der Waals surface area contributed by atoms with Gasteiger partial charge in [0, 0.05) is 36.8 Å². The lowest BCUT2D eigenvalue weighted by molar-refractivity contribution is -0.128. The van der Waals surface area contributed by atoms with Gasteiger partial charge in [-0.2, -0.15) is 0 Å². The summed E-state index contributed by atoms with van der Waals surface area (Å²) in [5, 5.41) is 1.17. The van der Waals surface area contributed by atoms with Gasteiger partial charge in [0.1, 0.15) is 12.1 Å². The number of hydrogen-bond donors (Lipinski definition) is 0. The number of likely N-dealkylation sites (tertiary alicyclic amines) is 1. The second-order valence-corrected chi connectivity index (χ2v) is 7.13. The summed E-state index contributed by atoms with van der Waals surface area (Å²) in [7, 11) is 0. The second kappa shape index (κ2) is 8.65. The number of nitrogens with zero attached hydrogens (tertiary/aromatic N) is 3. The van der Waals surface area contributed by atoms with Crippen molar-refractivity contribution in [2.45, 2.75) is 33.2 Å². The van der Waals surface area contributed by atoms with Crippen LogP contribution in [-0.2, 0) is 11.3 Å². The molecule has 1 aliphatic rings. The average Bonchev–Trinajstić information content (AvgIpc) is 3.20. The Morgan fingerprint density at radius 1 is 1.14 bits per heavy atom. The molecule has 1 aliphatic heterocycles. The Balaban J connectivity index is 0.00000225. The van der Waals surface area contributed by atoms with Crippen LogP contribution in [0.15, 0.2) is 42.6 Å². The standard InChI is InChI=1S/C22H25N3O2.ClH/c1-16-17(2)25(15-18-7-4-3-5-8-18)21-19(16)10-11-23-22(21)27-14-13-24-12-6-9-20(24)26;/h3-5,7-8,10-11H,6,9,12-15H2,1-2H3;1H. The summed E-state index contributed by atoms with van der Waals surface area (Å²) in [5.41, 5.74) is 4.75. The van der Waals surface area contributed by atoms with Gasteiger partial charge in [-0.3, -0.25) is 4.79 Å². The van der Waals surface area contributed by atoms with Crippen molar-refractivity contribution < 1.29 is 9.53 Å². The van der Waals surface area contributed by atoms with Crippen LogP contribution in [-0.4, -0.2) is 40.1 Å². The minimum atomic E-state index is 0. The summed E-state index contributed by atoms with van der Waals surface area (Å²) >= 11 is 0. The highest BCUT2D eigenvalue weighted by Gasteiger charge is 2.20. The van der Waals surface area contributed by atoms with Crippen molar-refractivity contribution in [2.75, 3.05) is 19.7 Å². The Morgan fingerprint density at radius 2 is 1.93 bits per heavy atom. The zero-order valence-electron chi connectivity index (χ0n) is 16.4. The predicted octanol–water partition coefficient (Wildman–Crippen LogP) is 4.12. The minimum absolute atomic E-state index is 0. The van der Waals surface area contributed by atoms with E-state index in [1.807, 2.05) is 11.0 Å². The first kappa shape index (κ1) is 20.2. The molecule has 0 radical (unpaired) electrons. The van der Waals surface area contributed by atoms with E-state index in [1.165, 1.54) is 22.2 Å². The summed E-state index contributed by atoms with van der Waals surface area (Å²) in [5.74, 6) is 0.871. The molecule has 4 rings (SSSR count). The average molecular weight is 400 g/mol. The molecule has 0 atom stereocenters. The molecule has 0 bridgehead atoms. The first-order valence-corrected chi connectivity index (χ1v) is 9.54. The fourth-order valence-corrected chi connectivity index (χ4v) is 3.83. The molecule has 0 saturated carbocycles. The number of ether oxygens (including phenoxy) is 1. The molecular weight excluding hydrogens is 374 g/mol. The van der Waals surface area contributed by atoms with E-state index in [1.54, 1.807) is 6.20 Å². The van der Waals surface area contributed by atoms with E-state index >= 15 is 0 Å². The fraction of sp³-hybridized carbons (Fsp3) is 0.364. The Kier molecular flexibility index (Phi) is 6.25. The number of carbonyl (C=O) groups excluding carboxylic acids is 1. The summed E-state index contributed by atoms with van der Waals surface area (Å²) in [6, 6.07) is 12.5. The van der Waals surface area contributed by atoms with Crippen LogP contribution < -0.4 is 4.74 Å². The molecule has 6 heteroatoms. The number of aryl methyl sites for hydroxylation is 1. The zero-order chi connectivity index (χ0) is 18.8. The number of aromatic nitrogens is 2. The van der Waals surface area contributed by atoms with E-state index in [0.29, 0.717) is 25.5 Å². The monoisotopic (exact) mass is 399 g/mol. The Bertz CT molecular complexity index is 969. The van der Waals surface area contributed by atoms with Crippen LogP contribution in [0.4, 0.5) is 0 Å². The number of hydrogen-bond acceptors (Lipinski definition) is 3. The fourth-order valence-electron chi connectivity index (χ4n) is 3.83. The van der Waals surface area contributed by atoms with Gasteiger partial charge in [-0.15, -0.1) is 12.4 Å². The molecule has 2 aromatic heterocycles. The van der Waals surface area contributed by atoms with Crippen molar-refractivity contribution >= 4 is 29.2 Å². The highest BCUT2D eigenvalue weighted by Crippen LogP contribution is 2.31. The number of amides is 1. The lowest BCUT2D eigenvalue weighted by Gasteiger charge is -2.16. The van der Waals surface area contributed by atoms with Gasteiger partial charge < -0.3 is 14.2 Å². The van der Waals surface area contributed by atoms with E-state index in [-0.39, 0.29) is 18.3 Å². The summed E-state index contributed by atoms with van der Waals surface area (Å²) in [6.07, 6.45) is 3.41. The first-order valence-electron chi connectivity index (χ1n) is 9.54. The third-order valence-corrected chi connectivity index (χ3v) is 5.47. The predicted molar refractivity (Wildman–Crippen MR) is 113 cm³/mol. The summed E-state index contributed by atoms with van der Waals surface area (Å²) in [6.45, 7) is 6.99. The van der Waals surface area contributed by atoms with Gasteiger partial charge in [-0.25, -0.2) is 4.98 Å². The van der Waals surface area contributed by atoms with E-state index in [9.17, 15) is 4.79 Å². The maximum absolute atomic E-state index is 11.8. The zero-order valence-corrected chi connectivity index (χ0v) is 17.2. The van der Waals surface area contributed by atoms with Crippen molar-refractivity contribution in [2.24, 2.45) is 0 Å². The van der Waals surface area contributed by atoms with E-state index in [4.69, 9.17) is 4.74 Å². The second-order valence-electron chi connectivity index (χ2n) is 7.13. The Morgan fingerprint density at radius 3 is 2.64 bits per heavy atom. The molecular formula is C22H26ClN3O2. The Labute approximate surface area is 171 Å². The van der Waals surface area contributed by atoms with Crippen LogP contribution in [0.5, 0.6) is 5.88 Å². The third-order valence-electron chi connectivity index (χ3n) is 5.47. The van der Waals surface area contributed by atoms with Crippen molar-refractivity contribution in [1.29, 1.82) is 0 Å². The first-order chi connectivity index (χ1) is 13.1. The van der Waals surface area contributed by atoms with Crippen molar-refractivity contribution in [1.82, 2.24) is 14.5 Å². The number of pyridine rings is 1. The third kappa shape index (κ3) is 3.85. The lowest BCUT2D eigenvalue weighted by atomic mass is 10.2. The van der Waals surface area contributed by atoms with Gasteiger partial charge in [-0.05, 0) is 37.5 Å². The van der Waals surface area contributed by atoms with Gasteiger partial charge >= 0.3 is 0 Å². The van der Waals surface area contributed by atoms with Crippen LogP contribution in [0.1, 0.15) is 29.7 Å². The van der Waals surface area contributed by atoms with Gasteiger partial charge in [0.05, 0.1) is 6.54 Å².